The SMILES string of the molecule is CC(=N)N1CCCC(Oc2ccc(N=C(N)c3ccc4ccc(CNC(=O)C(N)=O)cc4c3)cc2)C1. The summed E-state index contributed by atoms with van der Waals surface area (Å²) in [5.74, 6) is -0.117. The lowest BCUT2D eigenvalue weighted by Gasteiger charge is -2.33. The first-order valence-corrected chi connectivity index (χ1v) is 11.8. The molecule has 0 bridgehead atoms. The van der Waals surface area contributed by atoms with Crippen LogP contribution in [-0.2, 0) is 16.1 Å². The molecule has 186 valence electrons. The van der Waals surface area contributed by atoms with Gasteiger partial charge in [-0.25, -0.2) is 4.99 Å². The van der Waals surface area contributed by atoms with Gasteiger partial charge in [0.1, 0.15) is 17.7 Å². The van der Waals surface area contributed by atoms with Gasteiger partial charge in [0.25, 0.3) is 0 Å². The maximum Gasteiger partial charge on any atom is 0.309 e. The normalized spacial score (nSPS) is 16.0. The number of ether oxygens (including phenoxy) is 1. The summed E-state index contributed by atoms with van der Waals surface area (Å²) in [5, 5.41) is 12.3. The van der Waals surface area contributed by atoms with Crippen LogP contribution in [0.15, 0.2) is 65.7 Å². The molecular weight excluding hydrogens is 456 g/mol. The van der Waals surface area contributed by atoms with Crippen LogP contribution in [0, 0.1) is 5.41 Å². The van der Waals surface area contributed by atoms with Gasteiger partial charge in [-0.15, -0.1) is 0 Å². The van der Waals surface area contributed by atoms with Crippen molar-refractivity contribution in [3.05, 3.63) is 71.8 Å². The monoisotopic (exact) mass is 486 g/mol. The van der Waals surface area contributed by atoms with Crippen LogP contribution in [0.25, 0.3) is 10.8 Å². The van der Waals surface area contributed by atoms with E-state index in [2.05, 4.69) is 10.3 Å². The molecule has 1 aliphatic rings. The van der Waals surface area contributed by atoms with Crippen LogP contribution in [-0.4, -0.2) is 47.6 Å². The third kappa shape index (κ3) is 6.18. The number of nitrogens with one attached hydrogen (secondary N) is 2. The summed E-state index contributed by atoms with van der Waals surface area (Å²) in [6.45, 7) is 3.63. The number of carbonyl (C=O) groups excluding carboxylic acids is 2. The Kier molecular flexibility index (Phi) is 7.48. The van der Waals surface area contributed by atoms with Gasteiger partial charge in [-0.3, -0.25) is 15.0 Å². The van der Waals surface area contributed by atoms with Crippen LogP contribution in [0.4, 0.5) is 5.69 Å². The Hall–Kier alpha value is -4.40. The van der Waals surface area contributed by atoms with Gasteiger partial charge in [-0.1, -0.05) is 24.3 Å². The highest BCUT2D eigenvalue weighted by Crippen LogP contribution is 2.23. The topological polar surface area (TPSA) is 147 Å². The molecule has 3 aromatic rings. The second kappa shape index (κ2) is 10.9. The zero-order valence-corrected chi connectivity index (χ0v) is 20.2. The van der Waals surface area contributed by atoms with Crippen LogP contribution in [0.5, 0.6) is 5.75 Å². The minimum absolute atomic E-state index is 0.0603. The number of hydrogen-bond acceptors (Lipinski definition) is 5. The smallest absolute Gasteiger partial charge is 0.309 e. The quantitative estimate of drug-likeness (QED) is 0.240. The summed E-state index contributed by atoms with van der Waals surface area (Å²) in [7, 11) is 0. The molecule has 4 rings (SSSR count). The molecule has 3 aromatic carbocycles. The second-order valence-corrected chi connectivity index (χ2v) is 8.85. The van der Waals surface area contributed by atoms with E-state index in [1.807, 2.05) is 65.6 Å². The van der Waals surface area contributed by atoms with E-state index in [9.17, 15) is 9.59 Å². The molecule has 0 saturated carbocycles. The number of hydrogen-bond donors (Lipinski definition) is 4. The molecule has 9 nitrogen and oxygen atoms in total. The van der Waals surface area contributed by atoms with Crippen molar-refractivity contribution in [1.29, 1.82) is 5.41 Å². The largest absolute Gasteiger partial charge is 0.489 e. The van der Waals surface area contributed by atoms with E-state index in [0.29, 0.717) is 17.4 Å². The third-order valence-corrected chi connectivity index (χ3v) is 6.12. The average molecular weight is 487 g/mol. The highest BCUT2D eigenvalue weighted by atomic mass is 16.5. The van der Waals surface area contributed by atoms with Gasteiger partial charge in [0.15, 0.2) is 0 Å². The molecule has 0 aromatic heterocycles. The van der Waals surface area contributed by atoms with E-state index >= 15 is 0 Å². The second-order valence-electron chi connectivity index (χ2n) is 8.85. The Morgan fingerprint density at radius 3 is 2.56 bits per heavy atom. The highest BCUT2D eigenvalue weighted by molar-refractivity contribution is 6.34. The van der Waals surface area contributed by atoms with Crippen LogP contribution < -0.4 is 21.5 Å². The fraction of sp³-hybridized carbons (Fsp3) is 0.259. The fourth-order valence-corrected chi connectivity index (χ4v) is 4.17. The molecule has 0 aliphatic carbocycles. The number of amides is 2. The van der Waals surface area contributed by atoms with Crippen LogP contribution in [0.2, 0.25) is 0 Å². The van der Waals surface area contributed by atoms with Crippen molar-refractivity contribution >= 4 is 39.9 Å². The molecule has 36 heavy (non-hydrogen) atoms. The molecule has 0 radical (unpaired) electrons. The molecule has 1 unspecified atom stereocenters. The lowest BCUT2D eigenvalue weighted by atomic mass is 10.0. The van der Waals surface area contributed by atoms with Crippen molar-refractivity contribution < 1.29 is 14.3 Å². The molecule has 1 heterocycles. The average Bonchev–Trinajstić information content (AvgIpc) is 2.88. The summed E-state index contributed by atoms with van der Waals surface area (Å²) < 4.78 is 6.12. The number of benzene rings is 3. The summed E-state index contributed by atoms with van der Waals surface area (Å²) in [6, 6.07) is 19.0. The number of primary amides is 1. The first kappa shape index (κ1) is 24.7. The van der Waals surface area contributed by atoms with Crippen LogP contribution in [0.1, 0.15) is 30.9 Å². The zero-order chi connectivity index (χ0) is 25.7. The van der Waals surface area contributed by atoms with Crippen molar-refractivity contribution in [2.24, 2.45) is 16.5 Å². The Morgan fingerprint density at radius 2 is 1.83 bits per heavy atom. The number of amidine groups is 2. The molecule has 1 atom stereocenters. The van der Waals surface area contributed by atoms with Gasteiger partial charge in [-0.2, -0.15) is 0 Å². The lowest BCUT2D eigenvalue weighted by molar-refractivity contribution is -0.137. The fourth-order valence-electron chi connectivity index (χ4n) is 4.17. The Morgan fingerprint density at radius 1 is 1.08 bits per heavy atom. The number of likely N-dealkylation sites (tertiary alicyclic amines) is 1. The first-order chi connectivity index (χ1) is 17.3. The van der Waals surface area contributed by atoms with E-state index in [0.717, 1.165) is 53.6 Å². The van der Waals surface area contributed by atoms with E-state index in [1.54, 1.807) is 6.92 Å². The molecule has 2 amide bonds. The third-order valence-electron chi connectivity index (χ3n) is 6.12. The first-order valence-electron chi connectivity index (χ1n) is 11.8. The molecule has 1 saturated heterocycles. The number of nitrogens with two attached hydrogens (primary N) is 2. The predicted octanol–water partition coefficient (Wildman–Crippen LogP) is 2.82. The number of nitrogens with zero attached hydrogens (tertiary/aromatic N) is 2. The van der Waals surface area contributed by atoms with Gasteiger partial charge in [-0.05, 0) is 72.5 Å². The Balaban J connectivity index is 1.44. The lowest BCUT2D eigenvalue weighted by Crippen LogP contribution is -2.43. The molecule has 9 heteroatoms. The molecule has 0 spiro atoms. The number of fused-ring (bicyclic) bond motifs is 1. The Bertz CT molecular complexity index is 1320. The highest BCUT2D eigenvalue weighted by Gasteiger charge is 2.21. The summed E-state index contributed by atoms with van der Waals surface area (Å²) >= 11 is 0. The number of carbonyl (C=O) groups is 2. The minimum atomic E-state index is -1.01. The van der Waals surface area contributed by atoms with E-state index in [-0.39, 0.29) is 12.6 Å². The van der Waals surface area contributed by atoms with Gasteiger partial charge >= 0.3 is 11.8 Å². The van der Waals surface area contributed by atoms with Crippen molar-refractivity contribution in [3.63, 3.8) is 0 Å². The maximum absolute atomic E-state index is 11.4. The number of piperidine rings is 1. The van der Waals surface area contributed by atoms with Crippen molar-refractivity contribution in [3.8, 4) is 5.75 Å². The number of aliphatic imine (C=N–C) groups is 1. The summed E-state index contributed by atoms with van der Waals surface area (Å²) in [6.07, 6.45) is 2.04. The molecular formula is C27H30N6O3. The maximum atomic E-state index is 11.4. The standard InChI is InChI=1S/C27H30N6O3/c1-17(28)33-12-2-3-24(16-33)36-23-10-8-22(9-11-23)32-25(29)20-7-6-19-5-4-18(13-21(19)14-20)15-31-27(35)26(30)34/h4-11,13-14,24,28H,2-3,12,15-16H2,1H3,(H2,29,32)(H2,30,34)(H,31,35). The molecule has 6 N–H and O–H groups in total. The summed E-state index contributed by atoms with van der Waals surface area (Å²) in [4.78, 5) is 28.9. The van der Waals surface area contributed by atoms with E-state index < -0.39 is 11.8 Å². The predicted molar refractivity (Wildman–Crippen MR) is 140 cm³/mol. The van der Waals surface area contributed by atoms with Crippen LogP contribution >= 0.6 is 0 Å². The van der Waals surface area contributed by atoms with Gasteiger partial charge in [0.2, 0.25) is 0 Å². The zero-order valence-electron chi connectivity index (χ0n) is 20.2. The molecule has 1 fully saturated rings. The van der Waals surface area contributed by atoms with Crippen LogP contribution in [0.3, 0.4) is 0 Å². The van der Waals surface area contributed by atoms with Gasteiger partial charge in [0.05, 0.1) is 18.1 Å². The summed E-state index contributed by atoms with van der Waals surface area (Å²) in [5.41, 5.74) is 13.6. The van der Waals surface area contributed by atoms with Crippen molar-refractivity contribution in [2.45, 2.75) is 32.4 Å². The Labute approximate surface area is 209 Å². The minimum Gasteiger partial charge on any atom is -0.489 e. The number of rotatable bonds is 6. The van der Waals surface area contributed by atoms with E-state index in [4.69, 9.17) is 21.6 Å². The van der Waals surface area contributed by atoms with Gasteiger partial charge < -0.3 is 26.4 Å². The molecule has 1 aliphatic heterocycles. The van der Waals surface area contributed by atoms with E-state index in [1.165, 1.54) is 0 Å². The van der Waals surface area contributed by atoms with Gasteiger partial charge in [0, 0.05) is 18.7 Å². The van der Waals surface area contributed by atoms with Crippen molar-refractivity contribution in [2.75, 3.05) is 13.1 Å². The van der Waals surface area contributed by atoms with Crippen molar-refractivity contribution in [1.82, 2.24) is 10.2 Å².